The quantitative estimate of drug-likeness (QED) is 0.256. The summed E-state index contributed by atoms with van der Waals surface area (Å²) in [6.07, 6.45) is -7.38. The molecule has 1 spiro atoms. The second-order valence-corrected chi connectivity index (χ2v) is 14.6. The maximum absolute atomic E-state index is 13.8. The van der Waals surface area contributed by atoms with Crippen LogP contribution in [0.5, 0.6) is 0 Å². The molecule has 15 atom stereocenters. The molecule has 1 aliphatic heterocycles. The van der Waals surface area contributed by atoms with Gasteiger partial charge in [-0.2, -0.15) is 0 Å². The molecule has 1 aromatic carbocycles. The van der Waals surface area contributed by atoms with Gasteiger partial charge < -0.3 is 48.8 Å². The lowest BCUT2D eigenvalue weighted by atomic mass is 9.40. The number of aliphatic hydroxyl groups is 4. The van der Waals surface area contributed by atoms with Crippen LogP contribution in [0.1, 0.15) is 37.0 Å². The molecule has 1 heterocycles. The SMILES string of the molecule is CCN1C[C@@]2(COC)[C@@H](O)C[C@@H](OC)[C@@]34C1[C@@H]([C@@H](OC)[C@@H]23)[C@]1(OC(C)=O)[C@H](O)[C@H](OC)[C@]2(O)C[C@@]4(O)[C@H]1[C@@H]2OC(=O)c1ccccc1. The molecule has 47 heavy (non-hydrogen) atoms. The summed E-state index contributed by atoms with van der Waals surface area (Å²) >= 11 is 0. The van der Waals surface area contributed by atoms with Crippen LogP contribution in [0.25, 0.3) is 0 Å². The van der Waals surface area contributed by atoms with Gasteiger partial charge in [-0.3, -0.25) is 9.69 Å². The molecule has 260 valence electrons. The molecule has 7 bridgehead atoms. The molecule has 0 aromatic heterocycles. The number of hydrogen-bond donors (Lipinski definition) is 4. The number of hydrogen-bond acceptors (Lipinski definition) is 13. The number of ether oxygens (including phenoxy) is 6. The molecule has 6 aliphatic rings. The maximum atomic E-state index is 13.8. The van der Waals surface area contributed by atoms with Crippen molar-refractivity contribution in [1.29, 1.82) is 0 Å². The number of rotatable bonds is 9. The van der Waals surface area contributed by atoms with E-state index in [9.17, 15) is 30.0 Å². The molecule has 1 unspecified atom stereocenters. The highest BCUT2D eigenvalue weighted by atomic mass is 16.6. The highest BCUT2D eigenvalue weighted by Gasteiger charge is 2.96. The lowest BCUT2D eigenvalue weighted by Crippen LogP contribution is -2.85. The molecule has 7 rings (SSSR count). The van der Waals surface area contributed by atoms with Gasteiger partial charge in [0.05, 0.1) is 42.0 Å². The van der Waals surface area contributed by atoms with Gasteiger partial charge in [-0.25, -0.2) is 4.79 Å². The average molecular weight is 662 g/mol. The number of methoxy groups -OCH3 is 4. The van der Waals surface area contributed by atoms with Gasteiger partial charge in [0.1, 0.15) is 23.9 Å². The Morgan fingerprint density at radius 3 is 2.26 bits per heavy atom. The summed E-state index contributed by atoms with van der Waals surface area (Å²) in [4.78, 5) is 29.2. The van der Waals surface area contributed by atoms with Crippen molar-refractivity contribution in [3.63, 3.8) is 0 Å². The third-order valence-electron chi connectivity index (χ3n) is 13.2. The van der Waals surface area contributed by atoms with Crippen molar-refractivity contribution in [1.82, 2.24) is 4.90 Å². The number of likely N-dealkylation sites (tertiary alicyclic amines) is 1. The first-order valence-electron chi connectivity index (χ1n) is 16.4. The number of fused-ring (bicyclic) bond motifs is 2. The Bertz CT molecular complexity index is 1410. The van der Waals surface area contributed by atoms with Crippen LogP contribution < -0.4 is 0 Å². The highest BCUT2D eigenvalue weighted by molar-refractivity contribution is 5.89. The monoisotopic (exact) mass is 661 g/mol. The van der Waals surface area contributed by atoms with Gasteiger partial charge in [0.15, 0.2) is 5.60 Å². The van der Waals surface area contributed by atoms with E-state index in [4.69, 9.17) is 28.4 Å². The Kier molecular flexibility index (Phi) is 7.72. The van der Waals surface area contributed by atoms with E-state index in [1.54, 1.807) is 37.4 Å². The normalized spacial score (nSPS) is 50.7. The number of aliphatic hydroxyl groups excluding tert-OH is 2. The zero-order valence-corrected chi connectivity index (χ0v) is 27.7. The van der Waals surface area contributed by atoms with E-state index in [1.807, 2.05) is 6.92 Å². The van der Waals surface area contributed by atoms with Crippen LogP contribution in [0.3, 0.4) is 0 Å². The molecule has 5 saturated carbocycles. The van der Waals surface area contributed by atoms with Crippen molar-refractivity contribution in [2.75, 3.05) is 48.1 Å². The second-order valence-electron chi connectivity index (χ2n) is 14.6. The Labute approximate surface area is 274 Å². The maximum Gasteiger partial charge on any atom is 0.338 e. The fraction of sp³-hybridized carbons (Fsp3) is 0.765. The van der Waals surface area contributed by atoms with Crippen LogP contribution in [-0.2, 0) is 33.2 Å². The predicted molar refractivity (Wildman–Crippen MR) is 162 cm³/mol. The zero-order chi connectivity index (χ0) is 33.9. The summed E-state index contributed by atoms with van der Waals surface area (Å²) in [7, 11) is 5.94. The van der Waals surface area contributed by atoms with E-state index in [1.165, 1.54) is 28.3 Å². The third-order valence-corrected chi connectivity index (χ3v) is 13.2. The second kappa shape index (κ2) is 10.9. The highest BCUT2D eigenvalue weighted by Crippen LogP contribution is 2.81. The van der Waals surface area contributed by atoms with Gasteiger partial charge in [0.25, 0.3) is 0 Å². The summed E-state index contributed by atoms with van der Waals surface area (Å²) in [6.45, 7) is 4.15. The van der Waals surface area contributed by atoms with Crippen LogP contribution in [0.2, 0.25) is 0 Å². The van der Waals surface area contributed by atoms with Crippen molar-refractivity contribution in [3.05, 3.63) is 35.9 Å². The number of benzene rings is 1. The molecular formula is C34H47NO12. The number of carbonyl (C=O) groups excluding carboxylic acids is 2. The van der Waals surface area contributed by atoms with Gasteiger partial charge in [0.2, 0.25) is 0 Å². The zero-order valence-electron chi connectivity index (χ0n) is 27.7. The van der Waals surface area contributed by atoms with Gasteiger partial charge in [0, 0.05) is 83.5 Å². The smallest absolute Gasteiger partial charge is 0.338 e. The minimum atomic E-state index is -2.12. The van der Waals surface area contributed by atoms with E-state index < -0.39 is 106 Å². The van der Waals surface area contributed by atoms with Crippen molar-refractivity contribution in [3.8, 4) is 0 Å². The summed E-state index contributed by atoms with van der Waals surface area (Å²) in [5, 5.41) is 51.1. The minimum Gasteiger partial charge on any atom is -0.455 e. The van der Waals surface area contributed by atoms with Crippen molar-refractivity contribution in [2.45, 2.75) is 86.2 Å². The molecule has 0 radical (unpaired) electrons. The first kappa shape index (κ1) is 33.3. The average Bonchev–Trinajstić information content (AvgIpc) is 3.39. The van der Waals surface area contributed by atoms with Crippen molar-refractivity contribution in [2.24, 2.45) is 28.6 Å². The van der Waals surface area contributed by atoms with E-state index in [0.29, 0.717) is 13.1 Å². The van der Waals surface area contributed by atoms with Gasteiger partial charge >= 0.3 is 11.9 Å². The molecule has 13 nitrogen and oxygen atoms in total. The van der Waals surface area contributed by atoms with Crippen molar-refractivity contribution >= 4 is 11.9 Å². The molecule has 0 amide bonds. The van der Waals surface area contributed by atoms with Crippen LogP contribution in [0.4, 0.5) is 0 Å². The lowest BCUT2D eigenvalue weighted by Gasteiger charge is -2.72. The summed E-state index contributed by atoms with van der Waals surface area (Å²) in [5.41, 5.74) is -8.15. The van der Waals surface area contributed by atoms with E-state index in [0.717, 1.165) is 0 Å². The fourth-order valence-electron chi connectivity index (χ4n) is 12.3. The van der Waals surface area contributed by atoms with Gasteiger partial charge in [-0.05, 0) is 18.7 Å². The van der Waals surface area contributed by atoms with Crippen LogP contribution >= 0.6 is 0 Å². The van der Waals surface area contributed by atoms with E-state index >= 15 is 0 Å². The Balaban J connectivity index is 1.57. The van der Waals surface area contributed by atoms with Crippen LogP contribution in [-0.4, -0.2) is 145 Å². The summed E-state index contributed by atoms with van der Waals surface area (Å²) < 4.78 is 36.9. The van der Waals surface area contributed by atoms with E-state index in [2.05, 4.69) is 4.90 Å². The van der Waals surface area contributed by atoms with Gasteiger partial charge in [-0.15, -0.1) is 0 Å². The number of piperidine rings is 1. The first-order valence-corrected chi connectivity index (χ1v) is 16.4. The molecule has 1 aromatic rings. The van der Waals surface area contributed by atoms with Crippen molar-refractivity contribution < 1.29 is 58.4 Å². The minimum absolute atomic E-state index is 0.119. The fourth-order valence-corrected chi connectivity index (χ4v) is 12.3. The molecule has 5 aliphatic carbocycles. The first-order chi connectivity index (χ1) is 22.3. The molecule has 6 fully saturated rings. The van der Waals surface area contributed by atoms with Crippen LogP contribution in [0.15, 0.2) is 30.3 Å². The molecular weight excluding hydrogens is 614 g/mol. The topological polar surface area (TPSA) is 174 Å². The predicted octanol–water partition coefficient (Wildman–Crippen LogP) is -0.237. The van der Waals surface area contributed by atoms with Crippen LogP contribution in [0, 0.1) is 28.6 Å². The Morgan fingerprint density at radius 2 is 1.68 bits per heavy atom. The number of esters is 2. The Hall–Kier alpha value is -2.20. The summed E-state index contributed by atoms with van der Waals surface area (Å²) in [6, 6.07) is 7.64. The molecule has 13 heteroatoms. The molecule has 1 saturated heterocycles. The molecule has 4 N–H and O–H groups in total. The Morgan fingerprint density at radius 1 is 0.979 bits per heavy atom. The number of nitrogens with zero attached hydrogens (tertiary/aromatic N) is 1. The number of carbonyl (C=O) groups is 2. The third kappa shape index (κ3) is 3.65. The lowest BCUT2D eigenvalue weighted by molar-refractivity contribution is -0.355. The standard InChI is InChI=1S/C34H47NO12/c1-7-35-15-30(16-42-3)19(37)13-20(43-4)33-23(30)22(44-5)21(25(33)35)34(47-17(2)36)24-27(46-29(39)18-11-9-8-10-12-18)31(40,14-32(24,33)41)28(45-6)26(34)38/h8-12,19-28,37-38,40-41H,7,13-16H2,1-6H3/t19-,20+,21+,22+,23-,24+,25?,26+,27-,28-,30+,31-,32+,33-,34+/m0/s1. The summed E-state index contributed by atoms with van der Waals surface area (Å²) in [5.74, 6) is -4.34. The largest absolute Gasteiger partial charge is 0.455 e. The van der Waals surface area contributed by atoms with E-state index in [-0.39, 0.29) is 18.6 Å². The van der Waals surface area contributed by atoms with Gasteiger partial charge in [-0.1, -0.05) is 25.1 Å².